The lowest BCUT2D eigenvalue weighted by Crippen LogP contribution is -2.40. The summed E-state index contributed by atoms with van der Waals surface area (Å²) in [5.41, 5.74) is 2.37. The Morgan fingerprint density at radius 2 is 2.08 bits per heavy atom. The van der Waals surface area contributed by atoms with Crippen molar-refractivity contribution < 1.29 is 0 Å². The molecule has 0 atom stereocenters. The molecular formula is C7H18N4S. The number of hydrazine groups is 1. The van der Waals surface area contributed by atoms with Crippen LogP contribution in [0.3, 0.4) is 0 Å². The standard InChI is InChI=1S/C7H18N4S/c1-11(2)6-4-3-5-9-7(12)10-8/h3-6,8H2,1-2H3,(H2,9,10,12). The van der Waals surface area contributed by atoms with E-state index in [4.69, 9.17) is 18.1 Å². The van der Waals surface area contributed by atoms with Gasteiger partial charge in [-0.3, -0.25) is 0 Å². The molecule has 0 unspecified atom stereocenters. The normalized spacial score (nSPS) is 10.0. The van der Waals surface area contributed by atoms with Gasteiger partial charge in [-0.1, -0.05) is 0 Å². The minimum Gasteiger partial charge on any atom is -0.362 e. The van der Waals surface area contributed by atoms with E-state index in [0.29, 0.717) is 5.11 Å². The highest BCUT2D eigenvalue weighted by Gasteiger charge is 1.92. The summed E-state index contributed by atoms with van der Waals surface area (Å²) in [6.45, 7) is 2.00. The molecule has 0 aliphatic heterocycles. The Kier molecular flexibility index (Phi) is 7.03. The molecule has 72 valence electrons. The van der Waals surface area contributed by atoms with E-state index in [0.717, 1.165) is 19.5 Å². The summed E-state index contributed by atoms with van der Waals surface area (Å²) in [7, 11) is 4.14. The first-order valence-corrected chi connectivity index (χ1v) is 4.47. The van der Waals surface area contributed by atoms with Gasteiger partial charge in [-0.05, 0) is 45.7 Å². The number of nitrogens with one attached hydrogen (secondary N) is 2. The average Bonchev–Trinajstić information content (AvgIpc) is 2.03. The van der Waals surface area contributed by atoms with E-state index >= 15 is 0 Å². The van der Waals surface area contributed by atoms with Crippen molar-refractivity contribution in [2.75, 3.05) is 27.2 Å². The van der Waals surface area contributed by atoms with Crippen LogP contribution in [0.25, 0.3) is 0 Å². The van der Waals surface area contributed by atoms with Gasteiger partial charge in [-0.2, -0.15) is 0 Å². The average molecular weight is 190 g/mol. The van der Waals surface area contributed by atoms with E-state index in [9.17, 15) is 0 Å². The second-order valence-electron chi connectivity index (χ2n) is 2.91. The van der Waals surface area contributed by atoms with Gasteiger partial charge in [0.15, 0.2) is 5.11 Å². The van der Waals surface area contributed by atoms with Crippen LogP contribution in [-0.2, 0) is 0 Å². The third-order valence-corrected chi connectivity index (χ3v) is 1.71. The quantitative estimate of drug-likeness (QED) is 0.240. The maximum atomic E-state index is 5.07. The molecule has 0 bridgehead atoms. The number of nitrogens with two attached hydrogens (primary N) is 1. The van der Waals surface area contributed by atoms with Crippen molar-refractivity contribution in [3.8, 4) is 0 Å². The van der Waals surface area contributed by atoms with Crippen LogP contribution in [0, 0.1) is 0 Å². The first-order valence-electron chi connectivity index (χ1n) is 4.06. The van der Waals surface area contributed by atoms with Crippen LogP contribution >= 0.6 is 12.2 Å². The topological polar surface area (TPSA) is 53.3 Å². The Labute approximate surface area is 79.5 Å². The fourth-order valence-electron chi connectivity index (χ4n) is 0.806. The minimum atomic E-state index is 0.514. The van der Waals surface area contributed by atoms with E-state index in [1.54, 1.807) is 0 Å². The third-order valence-electron chi connectivity index (χ3n) is 1.45. The first-order chi connectivity index (χ1) is 5.66. The molecule has 0 fully saturated rings. The molecule has 4 N–H and O–H groups in total. The van der Waals surface area contributed by atoms with Crippen molar-refractivity contribution in [3.05, 3.63) is 0 Å². The molecule has 4 nitrogen and oxygen atoms in total. The van der Waals surface area contributed by atoms with E-state index in [1.807, 2.05) is 0 Å². The fourth-order valence-corrected chi connectivity index (χ4v) is 0.908. The van der Waals surface area contributed by atoms with Gasteiger partial charge in [0.2, 0.25) is 0 Å². The largest absolute Gasteiger partial charge is 0.362 e. The molecule has 5 heteroatoms. The van der Waals surface area contributed by atoms with Crippen LogP contribution in [0.2, 0.25) is 0 Å². The van der Waals surface area contributed by atoms with E-state index in [1.165, 1.54) is 6.42 Å². The Balaban J connectivity index is 3.05. The number of hydrogen-bond acceptors (Lipinski definition) is 3. The highest BCUT2D eigenvalue weighted by Crippen LogP contribution is 1.88. The lowest BCUT2D eigenvalue weighted by atomic mass is 10.3. The number of rotatable bonds is 5. The third kappa shape index (κ3) is 7.71. The maximum absolute atomic E-state index is 5.07. The molecule has 0 aromatic rings. The summed E-state index contributed by atoms with van der Waals surface area (Å²) < 4.78 is 0. The van der Waals surface area contributed by atoms with Crippen molar-refractivity contribution in [2.24, 2.45) is 5.84 Å². The summed E-state index contributed by atoms with van der Waals surface area (Å²) in [6, 6.07) is 0. The second kappa shape index (κ2) is 7.27. The van der Waals surface area contributed by atoms with Gasteiger partial charge in [-0.15, -0.1) is 0 Å². The molecule has 0 radical (unpaired) electrons. The SMILES string of the molecule is CN(C)CCCCNC(=S)NN. The van der Waals surface area contributed by atoms with Crippen LogP contribution in [0.5, 0.6) is 0 Å². The van der Waals surface area contributed by atoms with E-state index in [-0.39, 0.29) is 0 Å². The molecule has 0 saturated carbocycles. The smallest absolute Gasteiger partial charge is 0.180 e. The van der Waals surface area contributed by atoms with E-state index < -0.39 is 0 Å². The molecular weight excluding hydrogens is 172 g/mol. The zero-order chi connectivity index (χ0) is 9.40. The highest BCUT2D eigenvalue weighted by molar-refractivity contribution is 7.80. The number of hydrogen-bond donors (Lipinski definition) is 3. The van der Waals surface area contributed by atoms with Crippen LogP contribution in [0.1, 0.15) is 12.8 Å². The number of thiocarbonyl (C=S) groups is 1. The van der Waals surface area contributed by atoms with Crippen LogP contribution < -0.4 is 16.6 Å². The number of unbranched alkanes of at least 4 members (excludes halogenated alkanes) is 1. The van der Waals surface area contributed by atoms with Gasteiger partial charge in [0.1, 0.15) is 0 Å². The lowest BCUT2D eigenvalue weighted by molar-refractivity contribution is 0.394. The van der Waals surface area contributed by atoms with Crippen molar-refractivity contribution in [3.63, 3.8) is 0 Å². The molecule has 0 spiro atoms. The summed E-state index contributed by atoms with van der Waals surface area (Å²) in [5, 5.41) is 3.50. The van der Waals surface area contributed by atoms with Gasteiger partial charge in [0.25, 0.3) is 0 Å². The molecule has 12 heavy (non-hydrogen) atoms. The summed E-state index contributed by atoms with van der Waals surface area (Å²) in [5.74, 6) is 5.07. The first kappa shape index (κ1) is 11.6. The van der Waals surface area contributed by atoms with Gasteiger partial charge < -0.3 is 15.6 Å². The van der Waals surface area contributed by atoms with Gasteiger partial charge >= 0.3 is 0 Å². The Morgan fingerprint density at radius 3 is 2.58 bits per heavy atom. The maximum Gasteiger partial charge on any atom is 0.180 e. The van der Waals surface area contributed by atoms with Crippen molar-refractivity contribution in [1.29, 1.82) is 0 Å². The Morgan fingerprint density at radius 1 is 1.42 bits per heavy atom. The molecule has 0 saturated heterocycles. The molecule has 0 rings (SSSR count). The Hall–Kier alpha value is -0.390. The highest BCUT2D eigenvalue weighted by atomic mass is 32.1. The van der Waals surface area contributed by atoms with Gasteiger partial charge in [0, 0.05) is 6.54 Å². The molecule has 0 aromatic heterocycles. The Bertz CT molecular complexity index is 127. The van der Waals surface area contributed by atoms with Crippen LogP contribution in [-0.4, -0.2) is 37.2 Å². The van der Waals surface area contributed by atoms with Gasteiger partial charge in [0.05, 0.1) is 0 Å². The van der Waals surface area contributed by atoms with Crippen molar-refractivity contribution >= 4 is 17.3 Å². The van der Waals surface area contributed by atoms with Gasteiger partial charge in [-0.25, -0.2) is 5.84 Å². The monoisotopic (exact) mass is 190 g/mol. The predicted octanol–water partition coefficient (Wildman–Crippen LogP) is -0.334. The molecule has 0 aliphatic carbocycles. The lowest BCUT2D eigenvalue weighted by Gasteiger charge is -2.09. The molecule has 0 heterocycles. The zero-order valence-electron chi connectivity index (χ0n) is 7.76. The summed E-state index contributed by atoms with van der Waals surface area (Å²) >= 11 is 4.80. The zero-order valence-corrected chi connectivity index (χ0v) is 8.58. The number of nitrogens with zero attached hydrogens (tertiary/aromatic N) is 1. The van der Waals surface area contributed by atoms with Crippen LogP contribution in [0.4, 0.5) is 0 Å². The second-order valence-corrected chi connectivity index (χ2v) is 3.32. The van der Waals surface area contributed by atoms with Crippen molar-refractivity contribution in [2.45, 2.75) is 12.8 Å². The molecule has 0 aliphatic rings. The van der Waals surface area contributed by atoms with Crippen LogP contribution in [0.15, 0.2) is 0 Å². The molecule has 0 amide bonds. The summed E-state index contributed by atoms with van der Waals surface area (Å²) in [4.78, 5) is 2.17. The summed E-state index contributed by atoms with van der Waals surface area (Å²) in [6.07, 6.45) is 2.28. The molecule has 0 aromatic carbocycles. The fraction of sp³-hybridized carbons (Fsp3) is 0.857. The van der Waals surface area contributed by atoms with Crippen molar-refractivity contribution in [1.82, 2.24) is 15.6 Å². The minimum absolute atomic E-state index is 0.514. The van der Waals surface area contributed by atoms with E-state index in [2.05, 4.69) is 29.7 Å². The predicted molar refractivity (Wildman–Crippen MR) is 55.7 cm³/mol.